The molecule has 0 unspecified atom stereocenters. The zero-order valence-corrected chi connectivity index (χ0v) is 17.4. The summed E-state index contributed by atoms with van der Waals surface area (Å²) in [4.78, 5) is 0. The maximum absolute atomic E-state index is 5.88. The van der Waals surface area contributed by atoms with E-state index in [4.69, 9.17) is 4.74 Å². The molecule has 0 aromatic carbocycles. The van der Waals surface area contributed by atoms with E-state index in [1.807, 2.05) is 0 Å². The SMILES string of the molecule is CCCCCCCCCCCCOC[n+]1cc(C)c(CC)c(CC)c1. The second-order valence-electron chi connectivity index (χ2n) is 7.39. The third-order valence-corrected chi connectivity index (χ3v) is 5.16. The summed E-state index contributed by atoms with van der Waals surface area (Å²) in [5.41, 5.74) is 4.36. The van der Waals surface area contributed by atoms with Gasteiger partial charge in [-0.3, -0.25) is 0 Å². The number of hydrogen-bond donors (Lipinski definition) is 0. The average Bonchev–Trinajstić information content (AvgIpc) is 2.62. The molecule has 0 saturated carbocycles. The lowest BCUT2D eigenvalue weighted by atomic mass is 10.0. The standard InChI is InChI=1S/C23H42NO/c1-5-8-9-10-11-12-13-14-15-16-17-25-20-24-18-21(4)23(7-3)22(6-2)19-24/h18-19H,5-17,20H2,1-4H3/q+1. The third-order valence-electron chi connectivity index (χ3n) is 5.16. The second-order valence-corrected chi connectivity index (χ2v) is 7.39. The predicted octanol–water partition coefficient (Wildman–Crippen LogP) is 6.30. The molecule has 0 aliphatic rings. The Labute approximate surface area is 157 Å². The van der Waals surface area contributed by atoms with E-state index in [0.717, 1.165) is 19.4 Å². The fourth-order valence-corrected chi connectivity index (χ4v) is 3.64. The molecule has 2 nitrogen and oxygen atoms in total. The van der Waals surface area contributed by atoms with Crippen LogP contribution >= 0.6 is 0 Å². The van der Waals surface area contributed by atoms with Gasteiger partial charge in [0.05, 0.1) is 6.61 Å². The van der Waals surface area contributed by atoms with E-state index in [2.05, 4.69) is 44.7 Å². The van der Waals surface area contributed by atoms with Crippen molar-refractivity contribution in [3.8, 4) is 0 Å². The van der Waals surface area contributed by atoms with Crippen LogP contribution in [0.3, 0.4) is 0 Å². The molecule has 1 heterocycles. The van der Waals surface area contributed by atoms with Crippen LogP contribution < -0.4 is 4.57 Å². The Morgan fingerprint density at radius 2 is 1.36 bits per heavy atom. The van der Waals surface area contributed by atoms with Gasteiger partial charge in [0.15, 0.2) is 12.4 Å². The van der Waals surface area contributed by atoms with Crippen LogP contribution in [0.25, 0.3) is 0 Å². The van der Waals surface area contributed by atoms with Gasteiger partial charge >= 0.3 is 0 Å². The number of nitrogens with zero attached hydrogens (tertiary/aromatic N) is 1. The first-order valence-electron chi connectivity index (χ1n) is 10.8. The maximum Gasteiger partial charge on any atom is 0.252 e. The smallest absolute Gasteiger partial charge is 0.252 e. The van der Waals surface area contributed by atoms with E-state index in [9.17, 15) is 0 Å². The summed E-state index contributed by atoms with van der Waals surface area (Å²) in [5, 5.41) is 0. The van der Waals surface area contributed by atoms with Gasteiger partial charge in [0.2, 0.25) is 0 Å². The summed E-state index contributed by atoms with van der Waals surface area (Å²) in [5.74, 6) is 0. The Hall–Kier alpha value is -0.890. The summed E-state index contributed by atoms with van der Waals surface area (Å²) in [6.07, 6.45) is 20.5. The fourth-order valence-electron chi connectivity index (χ4n) is 3.64. The van der Waals surface area contributed by atoms with Gasteiger partial charge in [-0.15, -0.1) is 0 Å². The lowest BCUT2D eigenvalue weighted by Crippen LogP contribution is -2.36. The van der Waals surface area contributed by atoms with Crippen molar-refractivity contribution in [3.63, 3.8) is 0 Å². The van der Waals surface area contributed by atoms with Crippen LogP contribution in [0.1, 0.15) is 102 Å². The molecule has 0 saturated heterocycles. The first kappa shape index (κ1) is 22.2. The predicted molar refractivity (Wildman–Crippen MR) is 108 cm³/mol. The van der Waals surface area contributed by atoms with Gasteiger partial charge in [0, 0.05) is 11.1 Å². The van der Waals surface area contributed by atoms with E-state index in [1.165, 1.54) is 80.9 Å². The minimum Gasteiger partial charge on any atom is -0.323 e. The highest BCUT2D eigenvalue weighted by atomic mass is 16.5. The second kappa shape index (κ2) is 14.3. The Balaban J connectivity index is 2.07. The zero-order valence-electron chi connectivity index (χ0n) is 17.4. The first-order chi connectivity index (χ1) is 12.2. The van der Waals surface area contributed by atoms with Crippen LogP contribution in [0.5, 0.6) is 0 Å². The number of aromatic nitrogens is 1. The normalized spacial score (nSPS) is 11.2. The Bertz CT molecular complexity index is 456. The minimum absolute atomic E-state index is 0.690. The highest BCUT2D eigenvalue weighted by Crippen LogP contribution is 2.13. The summed E-state index contributed by atoms with van der Waals surface area (Å²) in [6, 6.07) is 0. The molecule has 0 bridgehead atoms. The Kier molecular flexibility index (Phi) is 12.7. The van der Waals surface area contributed by atoms with Crippen molar-refractivity contribution in [2.75, 3.05) is 6.61 Å². The largest absolute Gasteiger partial charge is 0.323 e. The zero-order chi connectivity index (χ0) is 18.3. The van der Waals surface area contributed by atoms with Gasteiger partial charge in [0.25, 0.3) is 6.73 Å². The van der Waals surface area contributed by atoms with Crippen molar-refractivity contribution < 1.29 is 9.30 Å². The highest BCUT2D eigenvalue weighted by Gasteiger charge is 2.10. The summed E-state index contributed by atoms with van der Waals surface area (Å²) < 4.78 is 8.09. The number of aryl methyl sites for hydroxylation is 2. The number of hydrogen-bond acceptors (Lipinski definition) is 1. The fraction of sp³-hybridized carbons (Fsp3) is 0.783. The molecule has 0 aliphatic heterocycles. The number of rotatable bonds is 15. The molecule has 0 N–H and O–H groups in total. The number of unbranched alkanes of at least 4 members (excludes halogenated alkanes) is 9. The molecule has 1 rings (SSSR count). The van der Waals surface area contributed by atoms with Crippen molar-refractivity contribution in [1.29, 1.82) is 0 Å². The Morgan fingerprint density at radius 3 is 1.92 bits per heavy atom. The van der Waals surface area contributed by atoms with E-state index >= 15 is 0 Å². The van der Waals surface area contributed by atoms with Crippen LogP contribution in [0, 0.1) is 6.92 Å². The Morgan fingerprint density at radius 1 is 0.760 bits per heavy atom. The van der Waals surface area contributed by atoms with Gasteiger partial charge < -0.3 is 4.74 Å². The van der Waals surface area contributed by atoms with E-state index in [0.29, 0.717) is 6.73 Å². The molecule has 144 valence electrons. The van der Waals surface area contributed by atoms with Crippen LogP contribution in [0.2, 0.25) is 0 Å². The van der Waals surface area contributed by atoms with Crippen LogP contribution in [0.15, 0.2) is 12.4 Å². The van der Waals surface area contributed by atoms with Gasteiger partial charge in [-0.1, -0.05) is 78.6 Å². The molecule has 0 fully saturated rings. The van der Waals surface area contributed by atoms with Gasteiger partial charge in [-0.25, -0.2) is 0 Å². The average molecular weight is 349 g/mol. The topological polar surface area (TPSA) is 13.1 Å². The van der Waals surface area contributed by atoms with E-state index < -0.39 is 0 Å². The van der Waals surface area contributed by atoms with Crippen LogP contribution in [-0.2, 0) is 24.3 Å². The van der Waals surface area contributed by atoms with Crippen molar-refractivity contribution in [1.82, 2.24) is 0 Å². The molecule has 0 spiro atoms. The van der Waals surface area contributed by atoms with Gasteiger partial charge in [-0.05, 0) is 31.7 Å². The molecule has 25 heavy (non-hydrogen) atoms. The summed E-state index contributed by atoms with van der Waals surface area (Å²) in [7, 11) is 0. The van der Waals surface area contributed by atoms with Crippen LogP contribution in [-0.4, -0.2) is 6.61 Å². The summed E-state index contributed by atoms with van der Waals surface area (Å²) >= 11 is 0. The lowest BCUT2D eigenvalue weighted by Gasteiger charge is -2.09. The monoisotopic (exact) mass is 348 g/mol. The quantitative estimate of drug-likeness (QED) is 0.268. The molecule has 0 amide bonds. The maximum atomic E-state index is 5.88. The third kappa shape index (κ3) is 9.39. The van der Waals surface area contributed by atoms with Crippen molar-refractivity contribution in [2.24, 2.45) is 0 Å². The molecule has 2 heteroatoms. The minimum atomic E-state index is 0.690. The molecular formula is C23H42NO+. The van der Waals surface area contributed by atoms with E-state index in [-0.39, 0.29) is 0 Å². The first-order valence-corrected chi connectivity index (χ1v) is 10.8. The van der Waals surface area contributed by atoms with Gasteiger partial charge in [-0.2, -0.15) is 4.57 Å². The molecule has 0 aliphatic carbocycles. The van der Waals surface area contributed by atoms with Crippen molar-refractivity contribution in [2.45, 2.75) is 111 Å². The van der Waals surface area contributed by atoms with Crippen LogP contribution in [0.4, 0.5) is 0 Å². The molecule has 1 aromatic rings. The number of pyridine rings is 1. The lowest BCUT2D eigenvalue weighted by molar-refractivity contribution is -0.733. The number of ether oxygens (including phenoxy) is 1. The highest BCUT2D eigenvalue weighted by molar-refractivity contribution is 5.28. The molecular weight excluding hydrogens is 306 g/mol. The molecule has 0 atom stereocenters. The van der Waals surface area contributed by atoms with E-state index in [1.54, 1.807) is 0 Å². The molecule has 0 radical (unpaired) electrons. The van der Waals surface area contributed by atoms with Crippen molar-refractivity contribution in [3.05, 3.63) is 29.1 Å². The molecule has 1 aromatic heterocycles. The van der Waals surface area contributed by atoms with Crippen molar-refractivity contribution >= 4 is 0 Å². The van der Waals surface area contributed by atoms with Gasteiger partial charge in [0.1, 0.15) is 0 Å². The summed E-state index contributed by atoms with van der Waals surface area (Å²) in [6.45, 7) is 10.6.